The molecule has 7 heteroatoms. The van der Waals surface area contributed by atoms with Crippen molar-refractivity contribution in [2.45, 2.75) is 32.4 Å². The number of benzene rings is 1. The SMILES string of the molecule is CC(N)C1CCN(Cc2ccc([N+](=O)[O-])cc2Cl)CC1.Cl. The number of hydrogen-bond acceptors (Lipinski definition) is 4. The number of non-ortho nitro benzene ring substituents is 1. The van der Waals surface area contributed by atoms with Gasteiger partial charge in [-0.3, -0.25) is 15.0 Å². The van der Waals surface area contributed by atoms with Crippen LogP contribution in [-0.4, -0.2) is 29.0 Å². The van der Waals surface area contributed by atoms with Crippen molar-refractivity contribution in [3.05, 3.63) is 38.9 Å². The Labute approximate surface area is 136 Å². The van der Waals surface area contributed by atoms with Gasteiger partial charge in [0.25, 0.3) is 5.69 Å². The van der Waals surface area contributed by atoms with Crippen LogP contribution < -0.4 is 5.73 Å². The maximum Gasteiger partial charge on any atom is 0.270 e. The van der Waals surface area contributed by atoms with E-state index in [2.05, 4.69) is 11.8 Å². The van der Waals surface area contributed by atoms with Gasteiger partial charge in [0.05, 0.1) is 9.95 Å². The molecule has 1 fully saturated rings. The minimum absolute atomic E-state index is 0. The van der Waals surface area contributed by atoms with E-state index in [0.717, 1.165) is 38.0 Å². The van der Waals surface area contributed by atoms with E-state index in [1.807, 2.05) is 0 Å². The molecular formula is C14H21Cl2N3O2. The van der Waals surface area contributed by atoms with E-state index >= 15 is 0 Å². The van der Waals surface area contributed by atoms with Crippen LogP contribution in [0.3, 0.4) is 0 Å². The third-order valence-corrected chi connectivity index (χ3v) is 4.37. The molecule has 5 nitrogen and oxygen atoms in total. The molecule has 118 valence electrons. The predicted octanol–water partition coefficient (Wildman–Crippen LogP) is 3.23. The van der Waals surface area contributed by atoms with Crippen molar-refractivity contribution in [1.29, 1.82) is 0 Å². The summed E-state index contributed by atoms with van der Waals surface area (Å²) in [6.45, 7) is 4.80. The molecule has 1 unspecified atom stereocenters. The van der Waals surface area contributed by atoms with Gasteiger partial charge in [0.15, 0.2) is 0 Å². The molecule has 1 saturated heterocycles. The Morgan fingerprint density at radius 3 is 2.57 bits per heavy atom. The lowest BCUT2D eigenvalue weighted by atomic mass is 9.91. The molecule has 2 N–H and O–H groups in total. The molecule has 1 aromatic rings. The molecule has 0 radical (unpaired) electrons. The van der Waals surface area contributed by atoms with Crippen molar-refractivity contribution in [1.82, 2.24) is 4.90 Å². The molecule has 0 aliphatic carbocycles. The molecule has 1 heterocycles. The zero-order valence-corrected chi connectivity index (χ0v) is 13.6. The molecule has 1 aliphatic heterocycles. The highest BCUT2D eigenvalue weighted by Crippen LogP contribution is 2.26. The summed E-state index contributed by atoms with van der Waals surface area (Å²) < 4.78 is 0. The quantitative estimate of drug-likeness (QED) is 0.678. The highest BCUT2D eigenvalue weighted by atomic mass is 35.5. The van der Waals surface area contributed by atoms with Crippen molar-refractivity contribution < 1.29 is 4.92 Å². The zero-order valence-electron chi connectivity index (χ0n) is 12.0. The Hall–Kier alpha value is -0.880. The van der Waals surface area contributed by atoms with Crippen LogP contribution >= 0.6 is 24.0 Å². The molecule has 1 aromatic carbocycles. The van der Waals surface area contributed by atoms with Gasteiger partial charge in [-0.25, -0.2) is 0 Å². The van der Waals surface area contributed by atoms with Crippen LogP contribution in [-0.2, 0) is 6.54 Å². The summed E-state index contributed by atoms with van der Waals surface area (Å²) in [5, 5.41) is 11.1. The van der Waals surface area contributed by atoms with Crippen LogP contribution in [0.5, 0.6) is 0 Å². The van der Waals surface area contributed by atoms with E-state index in [1.54, 1.807) is 6.07 Å². The maximum atomic E-state index is 10.7. The Bertz CT molecular complexity index is 489. The fraction of sp³-hybridized carbons (Fsp3) is 0.571. The van der Waals surface area contributed by atoms with Gasteiger partial charge in [0.2, 0.25) is 0 Å². The average molecular weight is 334 g/mol. The van der Waals surface area contributed by atoms with Gasteiger partial charge in [0.1, 0.15) is 0 Å². The molecule has 2 rings (SSSR count). The number of halogens is 2. The van der Waals surface area contributed by atoms with Crippen molar-refractivity contribution in [3.63, 3.8) is 0 Å². The van der Waals surface area contributed by atoms with Gasteiger partial charge in [0, 0.05) is 24.7 Å². The van der Waals surface area contributed by atoms with Gasteiger partial charge in [-0.1, -0.05) is 11.6 Å². The van der Waals surface area contributed by atoms with E-state index in [1.165, 1.54) is 12.1 Å². The second kappa shape index (κ2) is 7.94. The lowest BCUT2D eigenvalue weighted by Gasteiger charge is -2.33. The Morgan fingerprint density at radius 1 is 1.48 bits per heavy atom. The van der Waals surface area contributed by atoms with Gasteiger partial charge in [-0.2, -0.15) is 0 Å². The van der Waals surface area contributed by atoms with E-state index in [9.17, 15) is 10.1 Å². The van der Waals surface area contributed by atoms with Crippen molar-refractivity contribution in [3.8, 4) is 0 Å². The monoisotopic (exact) mass is 333 g/mol. The first-order valence-electron chi connectivity index (χ1n) is 6.88. The summed E-state index contributed by atoms with van der Waals surface area (Å²) in [5.41, 5.74) is 6.91. The van der Waals surface area contributed by atoms with Crippen molar-refractivity contribution in [2.24, 2.45) is 11.7 Å². The zero-order chi connectivity index (χ0) is 14.7. The Morgan fingerprint density at radius 2 is 2.10 bits per heavy atom. The standard InChI is InChI=1S/C14H20ClN3O2.ClH/c1-10(16)11-4-6-17(7-5-11)9-12-2-3-13(18(19)20)8-14(12)15;/h2-3,8,10-11H,4-7,9,16H2,1H3;1H. The number of nitrogens with two attached hydrogens (primary N) is 1. The third-order valence-electron chi connectivity index (χ3n) is 4.02. The van der Waals surface area contributed by atoms with E-state index < -0.39 is 4.92 Å². The Kier molecular flexibility index (Phi) is 6.87. The summed E-state index contributed by atoms with van der Waals surface area (Å²) in [5.74, 6) is 0.596. The minimum atomic E-state index is -0.427. The highest BCUT2D eigenvalue weighted by molar-refractivity contribution is 6.31. The molecule has 0 spiro atoms. The number of hydrogen-bond donors (Lipinski definition) is 1. The molecule has 0 bridgehead atoms. The number of nitro groups is 1. The molecule has 1 atom stereocenters. The first-order valence-corrected chi connectivity index (χ1v) is 7.26. The average Bonchev–Trinajstić information content (AvgIpc) is 2.41. The van der Waals surface area contributed by atoms with E-state index in [0.29, 0.717) is 10.9 Å². The largest absolute Gasteiger partial charge is 0.328 e. The topological polar surface area (TPSA) is 72.4 Å². The van der Waals surface area contributed by atoms with Gasteiger partial charge < -0.3 is 5.73 Å². The number of nitrogens with zero attached hydrogens (tertiary/aromatic N) is 2. The molecule has 21 heavy (non-hydrogen) atoms. The highest BCUT2D eigenvalue weighted by Gasteiger charge is 2.22. The van der Waals surface area contributed by atoms with Gasteiger partial charge >= 0.3 is 0 Å². The van der Waals surface area contributed by atoms with Gasteiger partial charge in [-0.15, -0.1) is 12.4 Å². The summed E-state index contributed by atoms with van der Waals surface area (Å²) >= 11 is 6.12. The lowest BCUT2D eigenvalue weighted by molar-refractivity contribution is -0.384. The van der Waals surface area contributed by atoms with Crippen molar-refractivity contribution >= 4 is 29.7 Å². The number of nitro benzene ring substituents is 1. The lowest BCUT2D eigenvalue weighted by Crippen LogP contribution is -2.39. The van der Waals surface area contributed by atoms with Crippen LogP contribution in [0.15, 0.2) is 18.2 Å². The first kappa shape index (κ1) is 18.2. The van der Waals surface area contributed by atoms with E-state index in [-0.39, 0.29) is 24.1 Å². The smallest absolute Gasteiger partial charge is 0.270 e. The molecular weight excluding hydrogens is 313 g/mol. The Balaban J connectivity index is 0.00000220. The number of piperidine rings is 1. The van der Waals surface area contributed by atoms with Crippen LogP contribution in [0.25, 0.3) is 0 Å². The summed E-state index contributed by atoms with van der Waals surface area (Å²) in [6, 6.07) is 4.93. The van der Waals surface area contributed by atoms with E-state index in [4.69, 9.17) is 17.3 Å². The second-order valence-electron chi connectivity index (χ2n) is 5.51. The fourth-order valence-electron chi connectivity index (χ4n) is 2.66. The minimum Gasteiger partial charge on any atom is -0.328 e. The molecule has 1 aliphatic rings. The summed E-state index contributed by atoms with van der Waals surface area (Å²) in [4.78, 5) is 12.6. The second-order valence-corrected chi connectivity index (χ2v) is 5.91. The number of rotatable bonds is 4. The van der Waals surface area contributed by atoms with Crippen LogP contribution in [0.4, 0.5) is 5.69 Å². The molecule has 0 aromatic heterocycles. The van der Waals surface area contributed by atoms with Crippen LogP contribution in [0.1, 0.15) is 25.3 Å². The maximum absolute atomic E-state index is 10.7. The fourth-order valence-corrected chi connectivity index (χ4v) is 2.89. The van der Waals surface area contributed by atoms with Gasteiger partial charge in [-0.05, 0) is 50.4 Å². The molecule has 0 saturated carbocycles. The normalized spacial score (nSPS) is 18.0. The third kappa shape index (κ3) is 4.81. The summed E-state index contributed by atoms with van der Waals surface area (Å²) in [7, 11) is 0. The summed E-state index contributed by atoms with van der Waals surface area (Å²) in [6.07, 6.45) is 2.20. The first-order chi connectivity index (χ1) is 9.47. The number of likely N-dealkylation sites (tertiary alicyclic amines) is 1. The predicted molar refractivity (Wildman–Crippen MR) is 87.0 cm³/mol. The van der Waals surface area contributed by atoms with Crippen LogP contribution in [0.2, 0.25) is 5.02 Å². The molecule has 0 amide bonds. The van der Waals surface area contributed by atoms with Crippen molar-refractivity contribution in [2.75, 3.05) is 13.1 Å². The van der Waals surface area contributed by atoms with Crippen LogP contribution in [0, 0.1) is 16.0 Å².